The fraction of sp³-hybridized carbons (Fsp3) is 0.267. The molecule has 2 rings (SSSR count). The molecule has 3 nitrogen and oxygen atoms in total. The fourth-order valence-electron chi connectivity index (χ4n) is 2.12. The number of hydrogen-bond donors (Lipinski definition) is 1. The lowest BCUT2D eigenvalue weighted by molar-refractivity contribution is 0.414. The van der Waals surface area contributed by atoms with Crippen molar-refractivity contribution in [3.63, 3.8) is 0 Å². The Morgan fingerprint density at radius 2 is 2.05 bits per heavy atom. The van der Waals surface area contributed by atoms with Gasteiger partial charge in [0, 0.05) is 6.20 Å². The molecule has 0 spiro atoms. The SMILES string of the molecule is CNC(c1ccc(Cl)cn1)c1ccc(OC)cc1C. The van der Waals surface area contributed by atoms with E-state index in [4.69, 9.17) is 16.3 Å². The molecule has 4 heteroatoms. The molecule has 0 fully saturated rings. The van der Waals surface area contributed by atoms with Crippen molar-refractivity contribution in [1.29, 1.82) is 0 Å². The number of methoxy groups -OCH3 is 1. The Bertz CT molecular complexity index is 555. The average Bonchev–Trinajstić information content (AvgIpc) is 2.43. The topological polar surface area (TPSA) is 34.2 Å². The van der Waals surface area contributed by atoms with E-state index in [1.165, 1.54) is 5.56 Å². The first kappa shape index (κ1) is 13.8. The van der Waals surface area contributed by atoms with Gasteiger partial charge in [-0.1, -0.05) is 17.7 Å². The lowest BCUT2D eigenvalue weighted by Gasteiger charge is -2.19. The second kappa shape index (κ2) is 6.04. The molecule has 0 radical (unpaired) electrons. The molecular formula is C15H17ClN2O. The molecule has 19 heavy (non-hydrogen) atoms. The first-order valence-corrected chi connectivity index (χ1v) is 6.46. The van der Waals surface area contributed by atoms with E-state index in [1.807, 2.05) is 31.3 Å². The number of nitrogens with one attached hydrogen (secondary N) is 1. The van der Waals surface area contributed by atoms with Crippen molar-refractivity contribution in [3.05, 3.63) is 58.4 Å². The molecule has 0 amide bonds. The Morgan fingerprint density at radius 3 is 2.58 bits per heavy atom. The fourth-order valence-corrected chi connectivity index (χ4v) is 2.23. The van der Waals surface area contributed by atoms with Crippen molar-refractivity contribution in [1.82, 2.24) is 10.3 Å². The minimum absolute atomic E-state index is 0.0446. The Kier molecular flexibility index (Phi) is 4.40. The van der Waals surface area contributed by atoms with E-state index in [-0.39, 0.29) is 6.04 Å². The molecule has 1 heterocycles. The van der Waals surface area contributed by atoms with Crippen molar-refractivity contribution >= 4 is 11.6 Å². The number of rotatable bonds is 4. The summed E-state index contributed by atoms with van der Waals surface area (Å²) >= 11 is 5.88. The number of ether oxygens (including phenoxy) is 1. The minimum atomic E-state index is 0.0446. The number of aryl methyl sites for hydroxylation is 1. The molecule has 2 aromatic rings. The highest BCUT2D eigenvalue weighted by Gasteiger charge is 2.15. The van der Waals surface area contributed by atoms with Crippen LogP contribution >= 0.6 is 11.6 Å². The van der Waals surface area contributed by atoms with Gasteiger partial charge in [0.1, 0.15) is 5.75 Å². The number of halogens is 1. The quantitative estimate of drug-likeness (QED) is 0.930. The van der Waals surface area contributed by atoms with Gasteiger partial charge in [0.2, 0.25) is 0 Å². The maximum atomic E-state index is 5.88. The number of hydrogen-bond acceptors (Lipinski definition) is 3. The molecule has 1 atom stereocenters. The summed E-state index contributed by atoms with van der Waals surface area (Å²) < 4.78 is 5.23. The zero-order valence-corrected chi connectivity index (χ0v) is 12.0. The second-order valence-electron chi connectivity index (χ2n) is 4.35. The summed E-state index contributed by atoms with van der Waals surface area (Å²) in [5.74, 6) is 0.861. The monoisotopic (exact) mass is 276 g/mol. The third kappa shape index (κ3) is 3.06. The molecular weight excluding hydrogens is 260 g/mol. The third-order valence-electron chi connectivity index (χ3n) is 3.12. The normalized spacial score (nSPS) is 12.2. The van der Waals surface area contributed by atoms with E-state index < -0.39 is 0 Å². The molecule has 1 aromatic carbocycles. The van der Waals surface area contributed by atoms with Crippen molar-refractivity contribution in [2.24, 2.45) is 0 Å². The van der Waals surface area contributed by atoms with Crippen LogP contribution in [0.2, 0.25) is 5.02 Å². The highest BCUT2D eigenvalue weighted by Crippen LogP contribution is 2.26. The van der Waals surface area contributed by atoms with Crippen molar-refractivity contribution in [2.75, 3.05) is 14.2 Å². The van der Waals surface area contributed by atoms with Gasteiger partial charge < -0.3 is 10.1 Å². The predicted octanol–water partition coefficient (Wildman–Crippen LogP) is 3.36. The molecule has 0 saturated carbocycles. The Balaban J connectivity index is 2.39. The molecule has 0 aliphatic heterocycles. The van der Waals surface area contributed by atoms with Crippen molar-refractivity contribution < 1.29 is 4.74 Å². The number of nitrogens with zero attached hydrogens (tertiary/aromatic N) is 1. The van der Waals surface area contributed by atoms with Crippen LogP contribution in [0.1, 0.15) is 22.9 Å². The van der Waals surface area contributed by atoms with E-state index in [0.717, 1.165) is 17.0 Å². The summed E-state index contributed by atoms with van der Waals surface area (Å²) in [6.45, 7) is 2.07. The van der Waals surface area contributed by atoms with Crippen LogP contribution in [0, 0.1) is 6.92 Å². The lowest BCUT2D eigenvalue weighted by Crippen LogP contribution is -2.19. The first-order chi connectivity index (χ1) is 9.15. The average molecular weight is 277 g/mol. The largest absolute Gasteiger partial charge is 0.497 e. The molecule has 0 aliphatic rings. The van der Waals surface area contributed by atoms with E-state index >= 15 is 0 Å². The highest BCUT2D eigenvalue weighted by atomic mass is 35.5. The standard InChI is InChI=1S/C15H17ClN2O/c1-10-8-12(19-3)5-6-13(10)15(17-2)14-7-4-11(16)9-18-14/h4-9,15,17H,1-3H3. The maximum absolute atomic E-state index is 5.88. The van der Waals surface area contributed by atoms with E-state index in [2.05, 4.69) is 23.3 Å². The van der Waals surface area contributed by atoms with Gasteiger partial charge in [0.05, 0.1) is 23.9 Å². The van der Waals surface area contributed by atoms with Gasteiger partial charge in [-0.3, -0.25) is 4.98 Å². The molecule has 1 aromatic heterocycles. The molecule has 0 bridgehead atoms. The number of pyridine rings is 1. The molecule has 1 unspecified atom stereocenters. The lowest BCUT2D eigenvalue weighted by atomic mass is 9.98. The van der Waals surface area contributed by atoms with Crippen LogP contribution in [-0.4, -0.2) is 19.1 Å². The van der Waals surface area contributed by atoms with E-state index in [0.29, 0.717) is 5.02 Å². The minimum Gasteiger partial charge on any atom is -0.497 e. The summed E-state index contributed by atoms with van der Waals surface area (Å²) in [5, 5.41) is 3.93. The third-order valence-corrected chi connectivity index (χ3v) is 3.35. The summed E-state index contributed by atoms with van der Waals surface area (Å²) in [6.07, 6.45) is 1.67. The molecule has 0 saturated heterocycles. The van der Waals surface area contributed by atoms with Crippen LogP contribution in [-0.2, 0) is 0 Å². The van der Waals surface area contributed by atoms with Gasteiger partial charge in [0.25, 0.3) is 0 Å². The van der Waals surface area contributed by atoms with E-state index in [1.54, 1.807) is 13.3 Å². The Hall–Kier alpha value is -1.58. The number of benzene rings is 1. The number of aromatic nitrogens is 1. The van der Waals surface area contributed by atoms with Gasteiger partial charge in [0.15, 0.2) is 0 Å². The summed E-state index contributed by atoms with van der Waals surface area (Å²) in [4.78, 5) is 4.38. The van der Waals surface area contributed by atoms with Gasteiger partial charge >= 0.3 is 0 Å². The zero-order valence-electron chi connectivity index (χ0n) is 11.3. The Labute approximate surface area is 118 Å². The van der Waals surface area contributed by atoms with E-state index in [9.17, 15) is 0 Å². The van der Waals surface area contributed by atoms with Gasteiger partial charge in [-0.2, -0.15) is 0 Å². The van der Waals surface area contributed by atoms with Crippen molar-refractivity contribution in [3.8, 4) is 5.75 Å². The predicted molar refractivity (Wildman–Crippen MR) is 77.9 cm³/mol. The smallest absolute Gasteiger partial charge is 0.119 e. The van der Waals surface area contributed by atoms with Crippen LogP contribution in [0.15, 0.2) is 36.5 Å². The van der Waals surface area contributed by atoms with Crippen LogP contribution in [0.3, 0.4) is 0 Å². The first-order valence-electron chi connectivity index (χ1n) is 6.09. The van der Waals surface area contributed by atoms with Crippen LogP contribution in [0.25, 0.3) is 0 Å². The maximum Gasteiger partial charge on any atom is 0.119 e. The zero-order chi connectivity index (χ0) is 13.8. The highest BCUT2D eigenvalue weighted by molar-refractivity contribution is 6.30. The molecule has 0 aliphatic carbocycles. The van der Waals surface area contributed by atoms with Crippen LogP contribution in [0.5, 0.6) is 5.75 Å². The molecule has 1 N–H and O–H groups in total. The summed E-state index contributed by atoms with van der Waals surface area (Å²) in [6, 6.07) is 9.88. The van der Waals surface area contributed by atoms with Crippen LogP contribution in [0.4, 0.5) is 0 Å². The second-order valence-corrected chi connectivity index (χ2v) is 4.78. The van der Waals surface area contributed by atoms with Gasteiger partial charge in [-0.05, 0) is 49.4 Å². The summed E-state index contributed by atoms with van der Waals surface area (Å²) in [5.41, 5.74) is 3.29. The summed E-state index contributed by atoms with van der Waals surface area (Å²) in [7, 11) is 3.59. The van der Waals surface area contributed by atoms with Crippen molar-refractivity contribution in [2.45, 2.75) is 13.0 Å². The molecule has 100 valence electrons. The Morgan fingerprint density at radius 1 is 1.26 bits per heavy atom. The van der Waals surface area contributed by atoms with Crippen LogP contribution < -0.4 is 10.1 Å². The van der Waals surface area contributed by atoms with Gasteiger partial charge in [-0.15, -0.1) is 0 Å². The van der Waals surface area contributed by atoms with Gasteiger partial charge in [-0.25, -0.2) is 0 Å².